The topological polar surface area (TPSA) is 76.5 Å². The number of nitrogens with one attached hydrogen (secondary N) is 1. The summed E-state index contributed by atoms with van der Waals surface area (Å²) in [5, 5.41) is 8.29. The molecular weight excluding hydrogens is 392 g/mol. The zero-order chi connectivity index (χ0) is 22.0. The van der Waals surface area contributed by atoms with Crippen molar-refractivity contribution in [2.45, 2.75) is 32.0 Å². The Labute approximate surface area is 181 Å². The lowest BCUT2D eigenvalue weighted by Crippen LogP contribution is -2.46. The molecule has 0 aliphatic carbocycles. The van der Waals surface area contributed by atoms with Gasteiger partial charge in [0.05, 0.1) is 12.1 Å². The van der Waals surface area contributed by atoms with E-state index >= 15 is 0 Å². The first-order valence-electron chi connectivity index (χ1n) is 10.3. The Morgan fingerprint density at radius 1 is 1.29 bits per heavy atom. The molecule has 0 bridgehead atoms. The van der Waals surface area contributed by atoms with Gasteiger partial charge in [-0.2, -0.15) is 5.10 Å². The molecule has 7 heteroatoms. The second kappa shape index (κ2) is 8.63. The van der Waals surface area contributed by atoms with E-state index in [4.69, 9.17) is 4.74 Å². The molecule has 1 N–H and O–H groups in total. The Morgan fingerprint density at radius 2 is 2.10 bits per heavy atom. The molecule has 31 heavy (non-hydrogen) atoms. The molecule has 1 aliphatic rings. The normalized spacial score (nSPS) is 13.9. The van der Waals surface area contributed by atoms with Gasteiger partial charge in [0.25, 0.3) is 5.91 Å². The van der Waals surface area contributed by atoms with Crippen LogP contribution in [0.1, 0.15) is 34.5 Å². The maximum Gasteiger partial charge on any atom is 0.255 e. The van der Waals surface area contributed by atoms with Crippen molar-refractivity contribution in [3.8, 4) is 5.75 Å². The average molecular weight is 418 g/mol. The summed E-state index contributed by atoms with van der Waals surface area (Å²) in [7, 11) is 3.49. The number of para-hydroxylation sites is 1. The molecule has 1 unspecified atom stereocenters. The summed E-state index contributed by atoms with van der Waals surface area (Å²) in [5.41, 5.74) is 3.26. The molecular formula is C24H26N4O3. The van der Waals surface area contributed by atoms with Crippen LogP contribution in [0.2, 0.25) is 0 Å². The summed E-state index contributed by atoms with van der Waals surface area (Å²) in [5.74, 6) is 0.314. The Balaban J connectivity index is 1.58. The highest BCUT2D eigenvalue weighted by Crippen LogP contribution is 2.33. The quantitative estimate of drug-likeness (QED) is 0.570. The van der Waals surface area contributed by atoms with Crippen molar-refractivity contribution in [1.82, 2.24) is 20.0 Å². The van der Waals surface area contributed by atoms with Crippen molar-refractivity contribution in [2.24, 2.45) is 7.05 Å². The Bertz CT molecular complexity index is 1150. The van der Waals surface area contributed by atoms with Gasteiger partial charge in [-0.25, -0.2) is 0 Å². The number of hydrogen-bond acceptors (Lipinski definition) is 4. The van der Waals surface area contributed by atoms with Crippen LogP contribution >= 0.6 is 0 Å². The number of amides is 2. The van der Waals surface area contributed by atoms with Gasteiger partial charge < -0.3 is 15.0 Å². The minimum absolute atomic E-state index is 0.151. The van der Waals surface area contributed by atoms with Gasteiger partial charge in [-0.05, 0) is 31.0 Å². The van der Waals surface area contributed by atoms with Crippen LogP contribution in [-0.4, -0.2) is 39.6 Å². The van der Waals surface area contributed by atoms with Crippen LogP contribution < -0.4 is 10.1 Å². The number of hydrogen-bond donors (Lipinski definition) is 1. The first-order valence-corrected chi connectivity index (χ1v) is 10.3. The number of ether oxygens (including phenoxy) is 1. The smallest absolute Gasteiger partial charge is 0.255 e. The first kappa shape index (κ1) is 20.7. The standard InChI is InChI=1S/C24H26N4O3/c1-4-5-11-21(23(29)25-2)28-14-18-16(24(28)30)10-8-13-22(18)31-15-19-17-9-6-7-12-20(17)27(3)26-19/h4,6-10,12-13,21H,1,5,11,14-15H2,2-3H3,(H,25,29). The van der Waals surface area contributed by atoms with Crippen molar-refractivity contribution < 1.29 is 14.3 Å². The third-order valence-electron chi connectivity index (χ3n) is 5.72. The first-order chi connectivity index (χ1) is 15.0. The van der Waals surface area contributed by atoms with Gasteiger partial charge in [-0.3, -0.25) is 14.3 Å². The number of carbonyl (C=O) groups is 2. The lowest BCUT2D eigenvalue weighted by molar-refractivity contribution is -0.125. The average Bonchev–Trinajstić information content (AvgIpc) is 3.30. The molecule has 0 saturated heterocycles. The van der Waals surface area contributed by atoms with Crippen LogP contribution in [0.15, 0.2) is 55.1 Å². The SMILES string of the molecule is C=CCCC(C(=O)NC)N1Cc2c(OCc3nn(C)c4ccccc34)cccc2C1=O. The second-order valence-corrected chi connectivity index (χ2v) is 7.59. The fourth-order valence-corrected chi connectivity index (χ4v) is 4.13. The lowest BCUT2D eigenvalue weighted by atomic mass is 10.1. The van der Waals surface area contributed by atoms with Gasteiger partial charge >= 0.3 is 0 Å². The summed E-state index contributed by atoms with van der Waals surface area (Å²) in [4.78, 5) is 27.1. The van der Waals surface area contributed by atoms with E-state index in [1.807, 2.05) is 48.1 Å². The van der Waals surface area contributed by atoms with Gasteiger partial charge in [-0.15, -0.1) is 6.58 Å². The predicted molar refractivity (Wildman–Crippen MR) is 119 cm³/mol. The van der Waals surface area contributed by atoms with Crippen LogP contribution in [0, 0.1) is 0 Å². The van der Waals surface area contributed by atoms with E-state index in [0.717, 1.165) is 22.2 Å². The predicted octanol–water partition coefficient (Wildman–Crippen LogP) is 3.19. The molecule has 0 saturated carbocycles. The maximum absolute atomic E-state index is 13.1. The van der Waals surface area contributed by atoms with Gasteiger partial charge in [0.2, 0.25) is 5.91 Å². The summed E-state index contributed by atoms with van der Waals surface area (Å²) in [6, 6.07) is 12.9. The molecule has 0 spiro atoms. The van der Waals surface area contributed by atoms with E-state index in [1.54, 1.807) is 24.1 Å². The van der Waals surface area contributed by atoms with Gasteiger partial charge in [0.15, 0.2) is 0 Å². The van der Waals surface area contributed by atoms with Gasteiger partial charge in [-0.1, -0.05) is 30.3 Å². The van der Waals surface area contributed by atoms with Crippen LogP contribution in [-0.2, 0) is 25.0 Å². The summed E-state index contributed by atoms with van der Waals surface area (Å²) in [6.07, 6.45) is 2.93. The van der Waals surface area contributed by atoms with E-state index in [9.17, 15) is 9.59 Å². The Hall–Kier alpha value is -3.61. The van der Waals surface area contributed by atoms with Gasteiger partial charge in [0, 0.05) is 30.6 Å². The minimum Gasteiger partial charge on any atom is -0.487 e. The van der Waals surface area contributed by atoms with Crippen molar-refractivity contribution >= 4 is 22.7 Å². The zero-order valence-corrected chi connectivity index (χ0v) is 17.8. The zero-order valence-electron chi connectivity index (χ0n) is 17.8. The number of rotatable bonds is 8. The number of likely N-dealkylation sites (N-methyl/N-ethyl adjacent to an activating group) is 1. The molecule has 0 fully saturated rings. The van der Waals surface area contributed by atoms with Crippen molar-refractivity contribution in [1.29, 1.82) is 0 Å². The van der Waals surface area contributed by atoms with E-state index < -0.39 is 6.04 Å². The monoisotopic (exact) mass is 418 g/mol. The van der Waals surface area contributed by atoms with E-state index in [2.05, 4.69) is 17.0 Å². The lowest BCUT2D eigenvalue weighted by Gasteiger charge is -2.26. The molecule has 3 aromatic rings. The Kier molecular flexibility index (Phi) is 5.75. The highest BCUT2D eigenvalue weighted by atomic mass is 16.5. The maximum atomic E-state index is 13.1. The number of nitrogens with zero attached hydrogens (tertiary/aromatic N) is 3. The third kappa shape index (κ3) is 3.79. The number of carbonyl (C=O) groups excluding carboxylic acids is 2. The van der Waals surface area contributed by atoms with Crippen molar-refractivity contribution in [3.05, 3.63) is 71.9 Å². The Morgan fingerprint density at radius 3 is 2.87 bits per heavy atom. The molecule has 4 rings (SSSR count). The molecule has 1 atom stereocenters. The van der Waals surface area contributed by atoms with Crippen LogP contribution in [0.3, 0.4) is 0 Å². The van der Waals surface area contributed by atoms with Crippen LogP contribution in [0.5, 0.6) is 5.75 Å². The fraction of sp³-hybridized carbons (Fsp3) is 0.292. The highest BCUT2D eigenvalue weighted by Gasteiger charge is 2.37. The minimum atomic E-state index is -0.546. The van der Waals surface area contributed by atoms with E-state index in [0.29, 0.717) is 37.3 Å². The summed E-state index contributed by atoms with van der Waals surface area (Å²) >= 11 is 0. The second-order valence-electron chi connectivity index (χ2n) is 7.59. The van der Waals surface area contributed by atoms with E-state index in [1.165, 1.54) is 0 Å². The molecule has 2 aromatic carbocycles. The molecule has 1 aromatic heterocycles. The third-order valence-corrected chi connectivity index (χ3v) is 5.72. The molecule has 7 nitrogen and oxygen atoms in total. The highest BCUT2D eigenvalue weighted by molar-refractivity contribution is 6.01. The van der Waals surface area contributed by atoms with E-state index in [-0.39, 0.29) is 11.8 Å². The number of allylic oxidation sites excluding steroid dienone is 1. The number of aryl methyl sites for hydroxylation is 1. The van der Waals surface area contributed by atoms with Gasteiger partial charge in [0.1, 0.15) is 24.1 Å². The van der Waals surface area contributed by atoms with Crippen molar-refractivity contribution in [3.63, 3.8) is 0 Å². The van der Waals surface area contributed by atoms with Crippen LogP contribution in [0.25, 0.3) is 10.9 Å². The largest absolute Gasteiger partial charge is 0.487 e. The molecule has 160 valence electrons. The summed E-state index contributed by atoms with van der Waals surface area (Å²) in [6.45, 7) is 4.36. The molecule has 0 radical (unpaired) electrons. The molecule has 2 heterocycles. The fourth-order valence-electron chi connectivity index (χ4n) is 4.13. The molecule has 2 amide bonds. The summed E-state index contributed by atoms with van der Waals surface area (Å²) < 4.78 is 7.96. The van der Waals surface area contributed by atoms with Crippen LogP contribution in [0.4, 0.5) is 0 Å². The number of benzene rings is 2. The number of fused-ring (bicyclic) bond motifs is 2. The van der Waals surface area contributed by atoms with Crippen molar-refractivity contribution in [2.75, 3.05) is 7.05 Å². The number of aromatic nitrogens is 2. The molecule has 1 aliphatic heterocycles.